The smallest absolute Gasteiger partial charge is 0.219 e. The minimum atomic E-state index is 0.183. The first-order valence-electron chi connectivity index (χ1n) is 6.73. The molecule has 0 saturated carbocycles. The molecule has 1 heterocycles. The van der Waals surface area contributed by atoms with Crippen molar-refractivity contribution in [3.63, 3.8) is 0 Å². The van der Waals surface area contributed by atoms with Gasteiger partial charge in [0.05, 0.1) is 0 Å². The van der Waals surface area contributed by atoms with Gasteiger partial charge in [0.25, 0.3) is 0 Å². The molecule has 1 N–H and O–H groups in total. The molecule has 1 aliphatic rings. The highest BCUT2D eigenvalue weighted by Crippen LogP contribution is 2.18. The van der Waals surface area contributed by atoms with Crippen LogP contribution in [0.5, 0.6) is 0 Å². The lowest BCUT2D eigenvalue weighted by atomic mass is 9.94. The van der Waals surface area contributed by atoms with Gasteiger partial charge in [-0.2, -0.15) is 0 Å². The van der Waals surface area contributed by atoms with Gasteiger partial charge in [0.2, 0.25) is 5.91 Å². The molecule has 0 atom stereocenters. The lowest BCUT2D eigenvalue weighted by Gasteiger charge is -2.28. The number of carbonyl (C=O) groups is 1. The molecule has 1 saturated heterocycles. The molecule has 0 unspecified atom stereocenters. The predicted molar refractivity (Wildman–Crippen MR) is 72.4 cm³/mol. The van der Waals surface area contributed by atoms with E-state index in [-0.39, 0.29) is 5.91 Å². The molecule has 1 amide bonds. The standard InChI is InChI=1S/C13H25ClN2O/c1-16-10-6-12(7-11-16)5-9-15-13(17)4-2-3-8-14/h12H,2-11H2,1H3,(H,15,17). The van der Waals surface area contributed by atoms with Gasteiger partial charge in [-0.25, -0.2) is 0 Å². The Morgan fingerprint density at radius 3 is 2.71 bits per heavy atom. The number of hydrogen-bond donors (Lipinski definition) is 1. The maximum Gasteiger partial charge on any atom is 0.219 e. The van der Waals surface area contributed by atoms with Crippen molar-refractivity contribution in [1.29, 1.82) is 0 Å². The Balaban J connectivity index is 1.97. The molecule has 0 aliphatic carbocycles. The molecule has 0 aromatic carbocycles. The number of hydrogen-bond acceptors (Lipinski definition) is 2. The number of nitrogens with one attached hydrogen (secondary N) is 1. The van der Waals surface area contributed by atoms with E-state index in [1.54, 1.807) is 0 Å². The monoisotopic (exact) mass is 260 g/mol. The summed E-state index contributed by atoms with van der Waals surface area (Å²) in [6, 6.07) is 0. The lowest BCUT2D eigenvalue weighted by molar-refractivity contribution is -0.121. The van der Waals surface area contributed by atoms with E-state index in [0.29, 0.717) is 12.3 Å². The number of rotatable bonds is 7. The van der Waals surface area contributed by atoms with Crippen LogP contribution in [0.2, 0.25) is 0 Å². The summed E-state index contributed by atoms with van der Waals surface area (Å²) < 4.78 is 0. The highest BCUT2D eigenvalue weighted by Gasteiger charge is 2.16. The number of nitrogens with zero attached hydrogens (tertiary/aromatic N) is 1. The third-order valence-electron chi connectivity index (χ3n) is 3.50. The van der Waals surface area contributed by atoms with Crippen molar-refractivity contribution < 1.29 is 4.79 Å². The van der Waals surface area contributed by atoms with Gasteiger partial charge in [0.1, 0.15) is 0 Å². The molecular formula is C13H25ClN2O. The van der Waals surface area contributed by atoms with E-state index in [1.807, 2.05) is 0 Å². The highest BCUT2D eigenvalue weighted by atomic mass is 35.5. The van der Waals surface area contributed by atoms with Crippen molar-refractivity contribution >= 4 is 17.5 Å². The maximum absolute atomic E-state index is 11.4. The molecule has 0 spiro atoms. The predicted octanol–water partition coefficient (Wildman–Crippen LogP) is 2.24. The van der Waals surface area contributed by atoms with Crippen LogP contribution in [0.15, 0.2) is 0 Å². The van der Waals surface area contributed by atoms with Crippen molar-refractivity contribution in [1.82, 2.24) is 10.2 Å². The zero-order valence-electron chi connectivity index (χ0n) is 10.9. The number of halogens is 1. The zero-order chi connectivity index (χ0) is 12.5. The summed E-state index contributed by atoms with van der Waals surface area (Å²) in [7, 11) is 2.18. The number of carbonyl (C=O) groups excluding carboxylic acids is 1. The fourth-order valence-corrected chi connectivity index (χ4v) is 2.42. The first-order valence-corrected chi connectivity index (χ1v) is 7.27. The minimum absolute atomic E-state index is 0.183. The van der Waals surface area contributed by atoms with Gasteiger partial charge in [-0.15, -0.1) is 11.6 Å². The summed E-state index contributed by atoms with van der Waals surface area (Å²) in [6.45, 7) is 3.25. The van der Waals surface area contributed by atoms with E-state index >= 15 is 0 Å². The molecular weight excluding hydrogens is 236 g/mol. The quantitative estimate of drug-likeness (QED) is 0.563. The molecule has 4 heteroatoms. The fraction of sp³-hybridized carbons (Fsp3) is 0.923. The van der Waals surface area contributed by atoms with E-state index < -0.39 is 0 Å². The summed E-state index contributed by atoms with van der Waals surface area (Å²) in [5.74, 6) is 1.64. The Morgan fingerprint density at radius 1 is 1.35 bits per heavy atom. The molecule has 1 aliphatic heterocycles. The van der Waals surface area contributed by atoms with Crippen molar-refractivity contribution in [3.8, 4) is 0 Å². The molecule has 17 heavy (non-hydrogen) atoms. The lowest BCUT2D eigenvalue weighted by Crippen LogP contribution is -2.32. The van der Waals surface area contributed by atoms with Crippen molar-refractivity contribution in [2.45, 2.75) is 38.5 Å². The number of piperidine rings is 1. The van der Waals surface area contributed by atoms with Crippen molar-refractivity contribution in [3.05, 3.63) is 0 Å². The van der Waals surface area contributed by atoms with E-state index in [1.165, 1.54) is 25.9 Å². The van der Waals surface area contributed by atoms with Crippen LogP contribution in [0.1, 0.15) is 38.5 Å². The molecule has 0 bridgehead atoms. The van der Waals surface area contributed by atoms with Crippen LogP contribution in [-0.2, 0) is 4.79 Å². The topological polar surface area (TPSA) is 32.3 Å². The molecule has 100 valence electrons. The molecule has 0 aromatic heterocycles. The first kappa shape index (κ1) is 14.8. The largest absolute Gasteiger partial charge is 0.356 e. The second kappa shape index (κ2) is 8.76. The molecule has 0 aromatic rings. The maximum atomic E-state index is 11.4. The van der Waals surface area contributed by atoms with Crippen LogP contribution in [0.3, 0.4) is 0 Å². The minimum Gasteiger partial charge on any atom is -0.356 e. The number of unbranched alkanes of at least 4 members (excludes halogenated alkanes) is 1. The van der Waals surface area contributed by atoms with Crippen LogP contribution >= 0.6 is 11.6 Å². The van der Waals surface area contributed by atoms with Gasteiger partial charge < -0.3 is 10.2 Å². The molecule has 0 radical (unpaired) electrons. The average molecular weight is 261 g/mol. The average Bonchev–Trinajstić information content (AvgIpc) is 2.32. The van der Waals surface area contributed by atoms with Gasteiger partial charge in [-0.05, 0) is 58.2 Å². The van der Waals surface area contributed by atoms with Crippen LogP contribution < -0.4 is 5.32 Å². The summed E-state index contributed by atoms with van der Waals surface area (Å²) in [5.41, 5.74) is 0. The van der Waals surface area contributed by atoms with Crippen molar-refractivity contribution in [2.75, 3.05) is 32.6 Å². The van der Waals surface area contributed by atoms with E-state index in [0.717, 1.165) is 31.7 Å². The summed E-state index contributed by atoms with van der Waals surface area (Å²) in [6.07, 6.45) is 6.15. The van der Waals surface area contributed by atoms with Crippen LogP contribution in [0, 0.1) is 5.92 Å². The second-order valence-electron chi connectivity index (χ2n) is 5.03. The molecule has 3 nitrogen and oxygen atoms in total. The third-order valence-corrected chi connectivity index (χ3v) is 3.77. The summed E-state index contributed by atoms with van der Waals surface area (Å²) >= 11 is 5.57. The SMILES string of the molecule is CN1CCC(CCNC(=O)CCCCCl)CC1. The Kier molecular flexibility index (Phi) is 7.62. The summed E-state index contributed by atoms with van der Waals surface area (Å²) in [4.78, 5) is 13.8. The van der Waals surface area contributed by atoms with Crippen LogP contribution in [-0.4, -0.2) is 43.4 Å². The van der Waals surface area contributed by atoms with Crippen LogP contribution in [0.4, 0.5) is 0 Å². The second-order valence-corrected chi connectivity index (χ2v) is 5.41. The number of alkyl halides is 1. The third kappa shape index (κ3) is 6.89. The van der Waals surface area contributed by atoms with Gasteiger partial charge >= 0.3 is 0 Å². The molecule has 1 fully saturated rings. The van der Waals surface area contributed by atoms with Crippen molar-refractivity contribution in [2.24, 2.45) is 5.92 Å². The Hall–Kier alpha value is -0.280. The Bertz CT molecular complexity index is 215. The van der Waals surface area contributed by atoms with E-state index in [9.17, 15) is 4.79 Å². The van der Waals surface area contributed by atoms with Gasteiger partial charge in [0.15, 0.2) is 0 Å². The summed E-state index contributed by atoms with van der Waals surface area (Å²) in [5, 5.41) is 3.00. The molecule has 1 rings (SSSR count). The van der Waals surface area contributed by atoms with Gasteiger partial charge in [-0.3, -0.25) is 4.79 Å². The van der Waals surface area contributed by atoms with E-state index in [2.05, 4.69) is 17.3 Å². The number of likely N-dealkylation sites (tertiary alicyclic amines) is 1. The number of amides is 1. The zero-order valence-corrected chi connectivity index (χ0v) is 11.6. The van der Waals surface area contributed by atoms with E-state index in [4.69, 9.17) is 11.6 Å². The Morgan fingerprint density at radius 2 is 2.06 bits per heavy atom. The normalized spacial score (nSPS) is 18.2. The van der Waals surface area contributed by atoms with Gasteiger partial charge in [-0.1, -0.05) is 0 Å². The van der Waals surface area contributed by atoms with Gasteiger partial charge in [0, 0.05) is 18.8 Å². The fourth-order valence-electron chi connectivity index (χ4n) is 2.23. The highest BCUT2D eigenvalue weighted by molar-refractivity contribution is 6.17. The first-order chi connectivity index (χ1) is 8.22. The van der Waals surface area contributed by atoms with Crippen LogP contribution in [0.25, 0.3) is 0 Å². The Labute approximate surface area is 110 Å².